The van der Waals surface area contributed by atoms with Crippen molar-refractivity contribution in [2.45, 2.75) is 44.4 Å². The van der Waals surface area contributed by atoms with Gasteiger partial charge in [0.2, 0.25) is 6.17 Å². The molecule has 1 fully saturated rings. The summed E-state index contributed by atoms with van der Waals surface area (Å²) < 4.78 is 0. The third kappa shape index (κ3) is 5.43. The van der Waals surface area contributed by atoms with Crippen molar-refractivity contribution in [3.63, 3.8) is 0 Å². The number of hydrogen-bond acceptors (Lipinski definition) is 4. The minimum atomic E-state index is -0.909. The number of thiocarbonyl (C=S) groups is 1. The highest BCUT2D eigenvalue weighted by atomic mass is 35.5. The Morgan fingerprint density at radius 3 is 2.65 bits per heavy atom. The Morgan fingerprint density at radius 2 is 1.94 bits per heavy atom. The molecule has 4 rings (SSSR count). The van der Waals surface area contributed by atoms with Crippen LogP contribution in [0.1, 0.15) is 43.2 Å². The van der Waals surface area contributed by atoms with Crippen molar-refractivity contribution in [1.29, 1.82) is 0 Å². The molecule has 1 saturated carbocycles. The van der Waals surface area contributed by atoms with Gasteiger partial charge in [-0.15, -0.1) is 0 Å². The molecule has 0 aromatic heterocycles. The molecule has 0 spiro atoms. The Hall–Kier alpha value is -2.48. The number of benzene rings is 2. The molecule has 1 aliphatic carbocycles. The number of rotatable bonds is 5. The van der Waals surface area contributed by atoms with E-state index in [2.05, 4.69) is 5.32 Å². The SMILES string of the molecule is CN(CC(O)C1CCCCC1)C(=S)NC1N=C(c2ccccc2)c2cc(Cl)ccc2N(C)C1=O. The van der Waals surface area contributed by atoms with Gasteiger partial charge < -0.3 is 20.2 Å². The summed E-state index contributed by atoms with van der Waals surface area (Å²) in [6.45, 7) is 0.415. The maximum Gasteiger partial charge on any atom is 0.272 e. The van der Waals surface area contributed by atoms with Gasteiger partial charge in [-0.25, -0.2) is 4.99 Å². The molecule has 0 bridgehead atoms. The van der Waals surface area contributed by atoms with E-state index in [1.54, 1.807) is 22.9 Å². The molecule has 0 radical (unpaired) electrons. The number of nitrogens with one attached hydrogen (secondary N) is 1. The fraction of sp³-hybridized carbons (Fsp3) is 0.423. The standard InChI is InChI=1S/C26H31ClN4O2S/c1-30(16-22(32)17-9-5-3-6-10-17)26(34)29-24-25(33)31(2)21-14-13-19(27)15-20(21)23(28-24)18-11-7-4-8-12-18/h4,7-8,11-15,17,22,24,32H,3,5-6,9-10,16H2,1-2H3,(H,29,34). The summed E-state index contributed by atoms with van der Waals surface area (Å²) in [5.41, 5.74) is 3.06. The van der Waals surface area contributed by atoms with Crippen LogP contribution in [-0.2, 0) is 4.79 Å². The number of nitrogens with zero attached hydrogens (tertiary/aromatic N) is 3. The van der Waals surface area contributed by atoms with Crippen LogP contribution in [0.25, 0.3) is 0 Å². The summed E-state index contributed by atoms with van der Waals surface area (Å²) in [7, 11) is 3.56. The van der Waals surface area contributed by atoms with Crippen molar-refractivity contribution in [3.05, 3.63) is 64.7 Å². The van der Waals surface area contributed by atoms with Gasteiger partial charge >= 0.3 is 0 Å². The summed E-state index contributed by atoms with van der Waals surface area (Å²) >= 11 is 11.9. The van der Waals surface area contributed by atoms with Crippen LogP contribution < -0.4 is 10.2 Å². The van der Waals surface area contributed by atoms with Crippen molar-refractivity contribution in [3.8, 4) is 0 Å². The molecule has 1 heterocycles. The second kappa shape index (κ2) is 10.8. The summed E-state index contributed by atoms with van der Waals surface area (Å²) in [5, 5.41) is 14.8. The highest BCUT2D eigenvalue weighted by molar-refractivity contribution is 7.80. The van der Waals surface area contributed by atoms with E-state index in [1.165, 1.54) is 19.3 Å². The lowest BCUT2D eigenvalue weighted by atomic mass is 9.85. The number of carbonyl (C=O) groups excluding carboxylic acids is 1. The lowest BCUT2D eigenvalue weighted by Crippen LogP contribution is -2.51. The number of amides is 1. The summed E-state index contributed by atoms with van der Waals surface area (Å²) in [4.78, 5) is 21.6. The normalized spacial score (nSPS) is 19.6. The number of carbonyl (C=O) groups is 1. The predicted octanol–water partition coefficient (Wildman–Crippen LogP) is 4.23. The van der Waals surface area contributed by atoms with Crippen LogP contribution >= 0.6 is 23.8 Å². The van der Waals surface area contributed by atoms with E-state index in [0.717, 1.165) is 29.7 Å². The Balaban J connectivity index is 1.59. The Bertz CT molecular complexity index is 1070. The summed E-state index contributed by atoms with van der Waals surface area (Å²) in [5.74, 6) is 0.0738. The highest BCUT2D eigenvalue weighted by Gasteiger charge is 2.31. The average molecular weight is 499 g/mol. The average Bonchev–Trinajstić information content (AvgIpc) is 2.95. The molecule has 0 saturated heterocycles. The number of aliphatic hydroxyl groups excluding tert-OH is 1. The molecule has 34 heavy (non-hydrogen) atoms. The van der Waals surface area contributed by atoms with Crippen LogP contribution in [0.15, 0.2) is 53.5 Å². The molecule has 180 valence electrons. The van der Waals surface area contributed by atoms with E-state index < -0.39 is 12.3 Å². The maximum atomic E-state index is 13.4. The first-order valence-corrected chi connectivity index (χ1v) is 12.5. The molecule has 1 amide bonds. The van der Waals surface area contributed by atoms with Gasteiger partial charge in [-0.2, -0.15) is 0 Å². The van der Waals surface area contributed by atoms with Crippen molar-refractivity contribution in [2.24, 2.45) is 10.9 Å². The van der Waals surface area contributed by atoms with Crippen molar-refractivity contribution >= 4 is 46.2 Å². The number of aliphatic hydroxyl groups is 1. The zero-order chi connectivity index (χ0) is 24.2. The van der Waals surface area contributed by atoms with Gasteiger partial charge in [-0.3, -0.25) is 4.79 Å². The minimum absolute atomic E-state index is 0.224. The summed E-state index contributed by atoms with van der Waals surface area (Å²) in [6, 6.07) is 15.2. The molecule has 1 aliphatic heterocycles. The zero-order valence-corrected chi connectivity index (χ0v) is 21.1. The van der Waals surface area contributed by atoms with Crippen molar-refractivity contribution in [1.82, 2.24) is 10.2 Å². The van der Waals surface area contributed by atoms with Crippen LogP contribution in [0, 0.1) is 5.92 Å². The molecule has 2 aromatic carbocycles. The van der Waals surface area contributed by atoms with Crippen LogP contribution in [0.4, 0.5) is 5.69 Å². The van der Waals surface area contributed by atoms with Gasteiger partial charge in [0.05, 0.1) is 17.5 Å². The molecule has 2 unspecified atom stereocenters. The molecule has 8 heteroatoms. The molecule has 2 aromatic rings. The Labute approximate surface area is 211 Å². The van der Waals surface area contributed by atoms with Crippen LogP contribution in [-0.4, -0.2) is 59.6 Å². The highest BCUT2D eigenvalue weighted by Crippen LogP contribution is 2.30. The van der Waals surface area contributed by atoms with E-state index in [-0.39, 0.29) is 5.91 Å². The number of fused-ring (bicyclic) bond motifs is 1. The number of hydrogen-bond donors (Lipinski definition) is 2. The molecule has 2 atom stereocenters. The number of aliphatic imine (C=N–C) groups is 1. The second-order valence-corrected chi connectivity index (χ2v) is 9.92. The number of likely N-dealkylation sites (N-methyl/N-ethyl adjacent to an activating group) is 2. The molecule has 2 N–H and O–H groups in total. The van der Waals surface area contributed by atoms with E-state index in [1.807, 2.05) is 49.5 Å². The van der Waals surface area contributed by atoms with Gasteiger partial charge in [0, 0.05) is 36.8 Å². The predicted molar refractivity (Wildman–Crippen MR) is 142 cm³/mol. The van der Waals surface area contributed by atoms with Crippen LogP contribution in [0.5, 0.6) is 0 Å². The lowest BCUT2D eigenvalue weighted by Gasteiger charge is -2.31. The third-order valence-electron chi connectivity index (χ3n) is 6.71. The van der Waals surface area contributed by atoms with Gasteiger partial charge in [0.25, 0.3) is 5.91 Å². The first-order valence-electron chi connectivity index (χ1n) is 11.8. The molecular formula is C26H31ClN4O2S. The zero-order valence-electron chi connectivity index (χ0n) is 19.6. The fourth-order valence-corrected chi connectivity index (χ4v) is 5.08. The van der Waals surface area contributed by atoms with Crippen LogP contribution in [0.2, 0.25) is 5.02 Å². The Kier molecular flexibility index (Phi) is 7.86. The number of benzodiazepines with no additional fused rings is 1. The van der Waals surface area contributed by atoms with Crippen LogP contribution in [0.3, 0.4) is 0 Å². The lowest BCUT2D eigenvalue weighted by molar-refractivity contribution is -0.119. The van der Waals surface area contributed by atoms with Gasteiger partial charge in [-0.05, 0) is 49.2 Å². The number of halogens is 1. The largest absolute Gasteiger partial charge is 0.391 e. The number of anilines is 1. The summed E-state index contributed by atoms with van der Waals surface area (Å²) in [6.07, 6.45) is 4.31. The third-order valence-corrected chi connectivity index (χ3v) is 7.37. The van der Waals surface area contributed by atoms with Gasteiger partial charge in [0.15, 0.2) is 5.11 Å². The van der Waals surface area contributed by atoms with E-state index >= 15 is 0 Å². The van der Waals surface area contributed by atoms with E-state index in [0.29, 0.717) is 28.3 Å². The topological polar surface area (TPSA) is 68.2 Å². The van der Waals surface area contributed by atoms with Gasteiger partial charge in [-0.1, -0.05) is 61.2 Å². The first-order chi connectivity index (χ1) is 16.3. The van der Waals surface area contributed by atoms with Crippen molar-refractivity contribution in [2.75, 3.05) is 25.5 Å². The molecule has 6 nitrogen and oxygen atoms in total. The Morgan fingerprint density at radius 1 is 1.24 bits per heavy atom. The monoisotopic (exact) mass is 498 g/mol. The molecular weight excluding hydrogens is 468 g/mol. The maximum absolute atomic E-state index is 13.4. The fourth-order valence-electron chi connectivity index (χ4n) is 4.73. The first kappa shape index (κ1) is 24.6. The van der Waals surface area contributed by atoms with E-state index in [9.17, 15) is 9.90 Å². The minimum Gasteiger partial charge on any atom is -0.391 e. The van der Waals surface area contributed by atoms with E-state index in [4.69, 9.17) is 28.8 Å². The smallest absolute Gasteiger partial charge is 0.272 e. The second-order valence-electron chi connectivity index (χ2n) is 9.10. The quantitative estimate of drug-likeness (QED) is 0.604. The van der Waals surface area contributed by atoms with Gasteiger partial charge in [0.1, 0.15) is 0 Å². The van der Waals surface area contributed by atoms with Crippen molar-refractivity contribution < 1.29 is 9.90 Å². The molecule has 2 aliphatic rings.